The minimum Gasteiger partial charge on any atom is -0.491 e. The van der Waals surface area contributed by atoms with Crippen molar-refractivity contribution in [3.8, 4) is 5.75 Å². The van der Waals surface area contributed by atoms with Gasteiger partial charge < -0.3 is 23.7 Å². The number of thiazole rings is 1. The zero-order chi connectivity index (χ0) is 33.3. The van der Waals surface area contributed by atoms with Gasteiger partial charge in [0, 0.05) is 17.7 Å². The van der Waals surface area contributed by atoms with Crippen molar-refractivity contribution in [2.24, 2.45) is 4.99 Å². The number of amides is 2. The molecule has 2 amide bonds. The summed E-state index contributed by atoms with van der Waals surface area (Å²) < 4.78 is 60.5. The molecule has 1 aliphatic rings. The molecule has 1 aliphatic heterocycles. The number of halogens is 3. The van der Waals surface area contributed by atoms with Gasteiger partial charge >= 0.3 is 12.3 Å². The molecule has 0 bridgehead atoms. The van der Waals surface area contributed by atoms with E-state index in [1.54, 1.807) is 6.92 Å². The van der Waals surface area contributed by atoms with Crippen molar-refractivity contribution in [1.29, 1.82) is 0 Å². The van der Waals surface area contributed by atoms with E-state index >= 15 is 0 Å². The van der Waals surface area contributed by atoms with Gasteiger partial charge in [0.2, 0.25) is 8.32 Å². The molecule has 14 heteroatoms. The van der Waals surface area contributed by atoms with Crippen molar-refractivity contribution >= 4 is 31.7 Å². The van der Waals surface area contributed by atoms with Gasteiger partial charge in [-0.15, -0.1) is 11.3 Å². The highest BCUT2D eigenvalue weighted by Crippen LogP contribution is 2.38. The summed E-state index contributed by atoms with van der Waals surface area (Å²) in [7, 11) is -2.55. The van der Waals surface area contributed by atoms with E-state index in [9.17, 15) is 27.9 Å². The van der Waals surface area contributed by atoms with Crippen molar-refractivity contribution in [2.45, 2.75) is 110 Å². The van der Waals surface area contributed by atoms with Crippen molar-refractivity contribution in [2.75, 3.05) is 13.2 Å². The monoisotopic (exact) mass is 659 g/mol. The fraction of sp³-hybridized carbons (Fsp3) is 0.633. The molecule has 0 spiro atoms. The third-order valence-corrected chi connectivity index (χ3v) is 13.5. The quantitative estimate of drug-likeness (QED) is 0.221. The Morgan fingerprint density at radius 3 is 2.39 bits per heavy atom. The summed E-state index contributed by atoms with van der Waals surface area (Å²) in [6.45, 7) is 18.1. The van der Waals surface area contributed by atoms with Crippen LogP contribution in [0.25, 0.3) is 0 Å². The van der Waals surface area contributed by atoms with Crippen molar-refractivity contribution in [3.63, 3.8) is 0 Å². The van der Waals surface area contributed by atoms with Gasteiger partial charge in [-0.1, -0.05) is 41.5 Å². The average Bonchev–Trinajstić information content (AvgIpc) is 3.54. The van der Waals surface area contributed by atoms with Crippen LogP contribution in [0.3, 0.4) is 0 Å². The molecule has 246 valence electrons. The molecular weight excluding hydrogens is 615 g/mol. The lowest BCUT2D eigenvalue weighted by Crippen LogP contribution is -2.52. The molecule has 44 heavy (non-hydrogen) atoms. The fourth-order valence-electron chi connectivity index (χ4n) is 4.08. The van der Waals surface area contributed by atoms with E-state index in [1.807, 2.05) is 65.4 Å². The molecule has 1 aromatic heterocycles. The Kier molecular flexibility index (Phi) is 10.9. The van der Waals surface area contributed by atoms with Crippen LogP contribution in [-0.2, 0) is 27.4 Å². The maximum absolute atomic E-state index is 13.7. The summed E-state index contributed by atoms with van der Waals surface area (Å²) in [5.74, 6) is -1.05. The highest BCUT2D eigenvalue weighted by atomic mass is 32.1. The summed E-state index contributed by atoms with van der Waals surface area (Å²) >= 11 is 1.29. The summed E-state index contributed by atoms with van der Waals surface area (Å²) in [6.07, 6.45) is -2.39. The molecule has 1 saturated heterocycles. The van der Waals surface area contributed by atoms with Gasteiger partial charge in [-0.25, -0.2) is 4.79 Å². The van der Waals surface area contributed by atoms with Crippen LogP contribution in [0.15, 0.2) is 29.4 Å². The second-order valence-corrected chi connectivity index (χ2v) is 19.4. The third kappa shape index (κ3) is 8.95. The Morgan fingerprint density at radius 1 is 1.20 bits per heavy atom. The van der Waals surface area contributed by atoms with Crippen LogP contribution < -0.4 is 9.54 Å². The first kappa shape index (κ1) is 35.8. The van der Waals surface area contributed by atoms with E-state index in [-0.39, 0.29) is 34.5 Å². The molecule has 1 N–H and O–H groups in total. The molecule has 9 nitrogen and oxygen atoms in total. The maximum Gasteiger partial charge on any atom is 0.430 e. The minimum atomic E-state index is -4.71. The van der Waals surface area contributed by atoms with Crippen LogP contribution in [0.5, 0.6) is 5.75 Å². The van der Waals surface area contributed by atoms with E-state index in [4.69, 9.17) is 14.0 Å². The van der Waals surface area contributed by atoms with Crippen LogP contribution in [0.1, 0.15) is 82.1 Å². The number of carbonyl (C=O) groups excluding carboxylic acids is 1. The zero-order valence-electron chi connectivity index (χ0n) is 26.9. The normalized spacial score (nSPS) is 17.5. The largest absolute Gasteiger partial charge is 0.491 e. The molecule has 1 unspecified atom stereocenters. The number of carboxylic acid groups (broad SMARTS) is 1. The number of benzene rings is 1. The van der Waals surface area contributed by atoms with E-state index < -0.39 is 38.1 Å². The molecule has 2 atom stereocenters. The Labute approximate surface area is 261 Å². The number of hydrogen-bond acceptors (Lipinski definition) is 6. The van der Waals surface area contributed by atoms with E-state index in [1.165, 1.54) is 11.3 Å². The predicted molar refractivity (Wildman–Crippen MR) is 164 cm³/mol. The molecule has 2 heterocycles. The standard InChI is InChI=1S/C30H44F3N3O6SSi/c1-19(36(27(38)39)42-44(8,9)29(5,6)7)18-41-23-13-12-20(30(31,32)33)15-22(23)25(37)34-26-35(16-21-11-10-14-40-21)17-24(43-26)28(2,3)4/h12-13,15,17,19,21H,10-11,14,16,18H2,1-9H3,(H,38,39)/t19?,21-/m0/s1. The molecule has 1 aromatic carbocycles. The van der Waals surface area contributed by atoms with E-state index in [0.717, 1.165) is 41.0 Å². The zero-order valence-corrected chi connectivity index (χ0v) is 28.7. The second-order valence-electron chi connectivity index (χ2n) is 13.7. The summed E-state index contributed by atoms with van der Waals surface area (Å²) in [5.41, 5.74) is -1.66. The highest BCUT2D eigenvalue weighted by molar-refractivity contribution is 7.09. The Hall–Kier alpha value is -2.68. The molecule has 0 saturated carbocycles. The van der Waals surface area contributed by atoms with Crippen LogP contribution in [0.2, 0.25) is 18.1 Å². The highest BCUT2D eigenvalue weighted by Gasteiger charge is 2.42. The minimum absolute atomic E-state index is 0.0499. The first-order valence-corrected chi connectivity index (χ1v) is 18.3. The number of carbonyl (C=O) groups is 2. The molecule has 0 radical (unpaired) electrons. The topological polar surface area (TPSA) is 103 Å². The van der Waals surface area contributed by atoms with E-state index in [0.29, 0.717) is 18.0 Å². The van der Waals surface area contributed by atoms with Crippen molar-refractivity contribution in [3.05, 3.63) is 45.2 Å². The van der Waals surface area contributed by atoms with E-state index in [2.05, 4.69) is 4.99 Å². The summed E-state index contributed by atoms with van der Waals surface area (Å²) in [4.78, 5) is 31.2. The second kappa shape index (κ2) is 13.4. The number of aromatic nitrogens is 1. The van der Waals surface area contributed by atoms with Gasteiger partial charge in [-0.3, -0.25) is 4.79 Å². The summed E-state index contributed by atoms with van der Waals surface area (Å²) in [5, 5.41) is 10.4. The smallest absolute Gasteiger partial charge is 0.430 e. The van der Waals surface area contributed by atoms with Gasteiger partial charge in [-0.05, 0) is 61.5 Å². The predicted octanol–water partition coefficient (Wildman–Crippen LogP) is 7.47. The van der Waals surface area contributed by atoms with Crippen molar-refractivity contribution < 1.29 is 41.9 Å². The lowest BCUT2D eigenvalue weighted by Gasteiger charge is -2.40. The first-order chi connectivity index (χ1) is 20.1. The fourth-order valence-corrected chi connectivity index (χ4v) is 6.16. The number of hydroxylamine groups is 2. The van der Waals surface area contributed by atoms with Crippen molar-refractivity contribution in [1.82, 2.24) is 9.63 Å². The van der Waals surface area contributed by atoms with Gasteiger partial charge in [0.25, 0.3) is 5.91 Å². The van der Waals surface area contributed by atoms with Crippen LogP contribution in [-0.4, -0.2) is 60.4 Å². The molecule has 0 aliphatic carbocycles. The van der Waals surface area contributed by atoms with Crippen LogP contribution in [0, 0.1) is 0 Å². The third-order valence-electron chi connectivity index (χ3n) is 7.82. The van der Waals surface area contributed by atoms with Gasteiger partial charge in [0.15, 0.2) is 4.80 Å². The number of rotatable bonds is 9. The van der Waals surface area contributed by atoms with Crippen LogP contribution in [0.4, 0.5) is 18.0 Å². The number of alkyl halides is 3. The Bertz CT molecular complexity index is 1400. The Balaban J connectivity index is 1.98. The van der Waals surface area contributed by atoms with Gasteiger partial charge in [-0.2, -0.15) is 23.2 Å². The number of hydrogen-bond donors (Lipinski definition) is 1. The Morgan fingerprint density at radius 2 is 1.86 bits per heavy atom. The number of nitrogens with zero attached hydrogens (tertiary/aromatic N) is 3. The molecule has 2 aromatic rings. The lowest BCUT2D eigenvalue weighted by molar-refractivity contribution is -0.137. The molecule has 3 rings (SSSR count). The van der Waals surface area contributed by atoms with Gasteiger partial charge in [0.1, 0.15) is 12.4 Å². The van der Waals surface area contributed by atoms with Crippen LogP contribution >= 0.6 is 11.3 Å². The molecular formula is C30H44F3N3O6SSi. The SMILES string of the molecule is CC(COc1ccc(C(F)(F)F)cc1C(=O)N=c1sc(C(C)(C)C)cn1C[C@@H]1CCCO1)N(O[Si](C)(C)C(C)(C)C)C(=O)O. The summed E-state index contributed by atoms with van der Waals surface area (Å²) in [6, 6.07) is 1.76. The number of ether oxygens (including phenoxy) is 2. The first-order valence-electron chi connectivity index (χ1n) is 14.6. The lowest BCUT2D eigenvalue weighted by atomic mass is 9.95. The molecule has 1 fully saturated rings. The van der Waals surface area contributed by atoms with Gasteiger partial charge in [0.05, 0.1) is 29.8 Å². The maximum atomic E-state index is 13.7. The average molecular weight is 660 g/mol.